The van der Waals surface area contributed by atoms with Gasteiger partial charge in [-0.15, -0.1) is 0 Å². The molecule has 0 fully saturated rings. The van der Waals surface area contributed by atoms with Crippen LogP contribution in [0.4, 0.5) is 5.69 Å². The standard InChI is InChI=1S/C14H24N2O3S/c1-5-14(2,10-11-17)15-12-6-8-13(9-7-12)20(18,19)16(3)4/h6-9,15,17H,5,10-11H2,1-4H3. The molecular weight excluding hydrogens is 276 g/mol. The van der Waals surface area contributed by atoms with Gasteiger partial charge >= 0.3 is 0 Å². The molecular formula is C14H24N2O3S. The Balaban J connectivity index is 2.93. The normalized spacial score (nSPS) is 15.1. The van der Waals surface area contributed by atoms with Gasteiger partial charge in [0.2, 0.25) is 10.0 Å². The topological polar surface area (TPSA) is 69.6 Å². The zero-order chi connectivity index (χ0) is 15.4. The van der Waals surface area contributed by atoms with Crippen LogP contribution in [0.2, 0.25) is 0 Å². The Hall–Kier alpha value is -1.11. The minimum Gasteiger partial charge on any atom is -0.396 e. The van der Waals surface area contributed by atoms with Crippen molar-refractivity contribution in [2.24, 2.45) is 0 Å². The number of hydrogen-bond donors (Lipinski definition) is 2. The minimum atomic E-state index is -3.39. The van der Waals surface area contributed by atoms with E-state index in [0.29, 0.717) is 6.42 Å². The van der Waals surface area contributed by atoms with E-state index >= 15 is 0 Å². The van der Waals surface area contributed by atoms with E-state index in [1.807, 2.05) is 13.8 Å². The molecule has 0 saturated heterocycles. The van der Waals surface area contributed by atoms with E-state index in [9.17, 15) is 8.42 Å². The molecule has 0 aliphatic heterocycles. The molecule has 0 radical (unpaired) electrons. The highest BCUT2D eigenvalue weighted by Gasteiger charge is 2.21. The molecule has 1 atom stereocenters. The number of nitrogens with one attached hydrogen (secondary N) is 1. The van der Waals surface area contributed by atoms with E-state index in [0.717, 1.165) is 12.1 Å². The van der Waals surface area contributed by atoms with Crippen molar-refractivity contribution in [2.45, 2.75) is 37.1 Å². The number of rotatable bonds is 7. The maximum Gasteiger partial charge on any atom is 0.242 e. The van der Waals surface area contributed by atoms with Crippen LogP contribution in [0.3, 0.4) is 0 Å². The van der Waals surface area contributed by atoms with Crippen LogP contribution >= 0.6 is 0 Å². The summed E-state index contributed by atoms with van der Waals surface area (Å²) in [5.41, 5.74) is 0.650. The number of hydrogen-bond acceptors (Lipinski definition) is 4. The van der Waals surface area contributed by atoms with E-state index in [-0.39, 0.29) is 17.0 Å². The highest BCUT2D eigenvalue weighted by Crippen LogP contribution is 2.23. The van der Waals surface area contributed by atoms with Gasteiger partial charge < -0.3 is 10.4 Å². The molecule has 0 heterocycles. The van der Waals surface area contributed by atoms with Crippen molar-refractivity contribution in [1.82, 2.24) is 4.31 Å². The van der Waals surface area contributed by atoms with Crippen molar-refractivity contribution >= 4 is 15.7 Å². The predicted octanol–water partition coefficient (Wildman–Crippen LogP) is 1.90. The molecule has 0 saturated carbocycles. The van der Waals surface area contributed by atoms with Gasteiger partial charge in [0.05, 0.1) is 4.90 Å². The van der Waals surface area contributed by atoms with Crippen molar-refractivity contribution < 1.29 is 13.5 Å². The summed E-state index contributed by atoms with van der Waals surface area (Å²) in [6, 6.07) is 6.68. The fourth-order valence-electron chi connectivity index (χ4n) is 1.84. The number of aliphatic hydroxyl groups is 1. The van der Waals surface area contributed by atoms with Crippen molar-refractivity contribution in [3.63, 3.8) is 0 Å². The van der Waals surface area contributed by atoms with Crippen LogP contribution in [-0.4, -0.2) is 44.1 Å². The first-order valence-corrected chi connectivity index (χ1v) is 8.11. The second-order valence-electron chi connectivity index (χ2n) is 5.32. The lowest BCUT2D eigenvalue weighted by atomic mass is 9.94. The molecule has 2 N–H and O–H groups in total. The summed E-state index contributed by atoms with van der Waals surface area (Å²) in [5.74, 6) is 0. The molecule has 1 aromatic carbocycles. The summed E-state index contributed by atoms with van der Waals surface area (Å²) in [4.78, 5) is 0.272. The third kappa shape index (κ3) is 3.94. The quantitative estimate of drug-likeness (QED) is 0.807. The second kappa shape index (κ2) is 6.56. The van der Waals surface area contributed by atoms with Crippen molar-refractivity contribution in [3.05, 3.63) is 24.3 Å². The molecule has 114 valence electrons. The Labute approximate surface area is 121 Å². The van der Waals surface area contributed by atoms with Crippen LogP contribution in [0.15, 0.2) is 29.2 Å². The number of anilines is 1. The Bertz CT molecular complexity index is 526. The maximum absolute atomic E-state index is 12.0. The van der Waals surface area contributed by atoms with Gasteiger partial charge in [-0.05, 0) is 44.0 Å². The van der Waals surface area contributed by atoms with Crippen LogP contribution in [0.5, 0.6) is 0 Å². The third-order valence-electron chi connectivity index (χ3n) is 3.52. The number of benzene rings is 1. The molecule has 1 rings (SSSR count). The van der Waals surface area contributed by atoms with Gasteiger partial charge in [-0.2, -0.15) is 0 Å². The second-order valence-corrected chi connectivity index (χ2v) is 7.48. The molecule has 0 aliphatic carbocycles. The SMILES string of the molecule is CCC(C)(CCO)Nc1ccc(S(=O)(=O)N(C)C)cc1. The van der Waals surface area contributed by atoms with Crippen LogP contribution in [0.1, 0.15) is 26.7 Å². The van der Waals surface area contributed by atoms with Crippen molar-refractivity contribution in [2.75, 3.05) is 26.0 Å². The molecule has 20 heavy (non-hydrogen) atoms. The largest absolute Gasteiger partial charge is 0.396 e. The van der Waals surface area contributed by atoms with Crippen molar-refractivity contribution in [3.8, 4) is 0 Å². The van der Waals surface area contributed by atoms with Gasteiger partial charge in [-0.3, -0.25) is 0 Å². The average Bonchev–Trinajstić information content (AvgIpc) is 2.39. The summed E-state index contributed by atoms with van der Waals surface area (Å²) >= 11 is 0. The lowest BCUT2D eigenvalue weighted by Gasteiger charge is -2.30. The summed E-state index contributed by atoms with van der Waals surface area (Å²) in [6.45, 7) is 4.20. The van der Waals surface area contributed by atoms with Gasteiger partial charge in [0.15, 0.2) is 0 Å². The first-order chi connectivity index (χ1) is 9.25. The lowest BCUT2D eigenvalue weighted by Crippen LogP contribution is -2.35. The van der Waals surface area contributed by atoms with E-state index in [4.69, 9.17) is 5.11 Å². The fraction of sp³-hybridized carbons (Fsp3) is 0.571. The lowest BCUT2D eigenvalue weighted by molar-refractivity contribution is 0.252. The van der Waals surface area contributed by atoms with E-state index in [1.165, 1.54) is 18.4 Å². The summed E-state index contributed by atoms with van der Waals surface area (Å²) in [7, 11) is -0.366. The highest BCUT2D eigenvalue weighted by molar-refractivity contribution is 7.89. The molecule has 1 unspecified atom stereocenters. The average molecular weight is 300 g/mol. The Morgan fingerprint density at radius 3 is 2.20 bits per heavy atom. The molecule has 5 nitrogen and oxygen atoms in total. The monoisotopic (exact) mass is 300 g/mol. The maximum atomic E-state index is 12.0. The van der Waals surface area contributed by atoms with E-state index in [1.54, 1.807) is 24.3 Å². The van der Waals surface area contributed by atoms with Crippen LogP contribution in [0.25, 0.3) is 0 Å². The molecule has 0 aromatic heterocycles. The van der Waals surface area contributed by atoms with Gasteiger partial charge in [-0.1, -0.05) is 6.92 Å². The molecule has 0 bridgehead atoms. The summed E-state index contributed by atoms with van der Waals surface area (Å²) < 4.78 is 25.1. The van der Waals surface area contributed by atoms with Crippen molar-refractivity contribution in [1.29, 1.82) is 0 Å². The number of nitrogens with zero attached hydrogens (tertiary/aromatic N) is 1. The number of sulfonamides is 1. The molecule has 1 aromatic rings. The zero-order valence-electron chi connectivity index (χ0n) is 12.5. The van der Waals surface area contributed by atoms with Gasteiger partial charge in [0.25, 0.3) is 0 Å². The van der Waals surface area contributed by atoms with E-state index in [2.05, 4.69) is 5.32 Å². The smallest absolute Gasteiger partial charge is 0.242 e. The Morgan fingerprint density at radius 2 is 1.80 bits per heavy atom. The predicted molar refractivity (Wildman–Crippen MR) is 81.3 cm³/mol. The molecule has 0 aliphatic rings. The Morgan fingerprint density at radius 1 is 1.25 bits per heavy atom. The molecule has 0 amide bonds. The molecule has 0 spiro atoms. The van der Waals surface area contributed by atoms with Crippen LogP contribution in [-0.2, 0) is 10.0 Å². The molecule has 6 heteroatoms. The highest BCUT2D eigenvalue weighted by atomic mass is 32.2. The van der Waals surface area contributed by atoms with Crippen LogP contribution < -0.4 is 5.32 Å². The summed E-state index contributed by atoms with van der Waals surface area (Å²) in [6.07, 6.45) is 1.51. The first kappa shape index (κ1) is 16.9. The summed E-state index contributed by atoms with van der Waals surface area (Å²) in [5, 5.41) is 12.4. The number of aliphatic hydroxyl groups excluding tert-OH is 1. The van der Waals surface area contributed by atoms with E-state index < -0.39 is 10.0 Å². The first-order valence-electron chi connectivity index (χ1n) is 6.67. The minimum absolute atomic E-state index is 0.116. The van der Waals surface area contributed by atoms with Gasteiger partial charge in [0.1, 0.15) is 0 Å². The Kier molecular flexibility index (Phi) is 5.56. The fourth-order valence-corrected chi connectivity index (χ4v) is 2.75. The van der Waals surface area contributed by atoms with Gasteiger partial charge in [-0.25, -0.2) is 12.7 Å². The van der Waals surface area contributed by atoms with Crippen LogP contribution in [0, 0.1) is 0 Å². The third-order valence-corrected chi connectivity index (χ3v) is 5.35. The zero-order valence-corrected chi connectivity index (χ0v) is 13.4. The van der Waals surface area contributed by atoms with Gasteiger partial charge in [0, 0.05) is 31.9 Å².